The summed E-state index contributed by atoms with van der Waals surface area (Å²) in [6.07, 6.45) is -0.740. The number of aliphatic hydroxyl groups is 2. The van der Waals surface area contributed by atoms with Gasteiger partial charge in [0, 0.05) is 17.6 Å². The fraction of sp³-hybridized carbons (Fsp3) is 0.400. The highest BCUT2D eigenvalue weighted by atomic mass is 32.2. The second-order valence-corrected chi connectivity index (χ2v) is 4.53. The van der Waals surface area contributed by atoms with Crippen LogP contribution in [0.5, 0.6) is 0 Å². The van der Waals surface area contributed by atoms with Gasteiger partial charge in [-0.1, -0.05) is 6.07 Å². The second kappa shape index (κ2) is 6.43. The maximum absolute atomic E-state index is 10.5. The topological polar surface area (TPSA) is 110 Å². The van der Waals surface area contributed by atoms with Crippen molar-refractivity contribution < 1.29 is 15.1 Å². The summed E-state index contributed by atoms with van der Waals surface area (Å²) in [5.41, 5.74) is 6.42. The van der Waals surface area contributed by atoms with Gasteiger partial charge in [-0.15, -0.1) is 0 Å². The second-order valence-electron chi connectivity index (χ2n) is 3.50. The number of benzene rings is 1. The third-order valence-electron chi connectivity index (χ3n) is 2.08. The van der Waals surface area contributed by atoms with Crippen LogP contribution >= 0.6 is 11.8 Å². The van der Waals surface area contributed by atoms with Crippen molar-refractivity contribution in [3.8, 4) is 0 Å². The van der Waals surface area contributed by atoms with Gasteiger partial charge in [0.2, 0.25) is 0 Å². The first-order valence-corrected chi connectivity index (χ1v) is 6.09. The van der Waals surface area contributed by atoms with E-state index < -0.39 is 11.0 Å². The number of nitrogens with zero attached hydrogens (tertiary/aromatic N) is 1. The molecule has 6 nitrogen and oxygen atoms in total. The van der Waals surface area contributed by atoms with Crippen LogP contribution in [0, 0.1) is 10.1 Å². The lowest BCUT2D eigenvalue weighted by Crippen LogP contribution is -2.14. The summed E-state index contributed by atoms with van der Waals surface area (Å²) in [7, 11) is 0. The largest absolute Gasteiger partial charge is 0.394 e. The van der Waals surface area contributed by atoms with E-state index in [1.165, 1.54) is 17.8 Å². The predicted molar refractivity (Wildman–Crippen MR) is 66.8 cm³/mol. The number of rotatable bonds is 6. The normalized spacial score (nSPS) is 12.4. The number of anilines is 1. The number of nitro groups is 1. The van der Waals surface area contributed by atoms with Crippen LogP contribution in [0.3, 0.4) is 0 Å². The van der Waals surface area contributed by atoms with Crippen LogP contribution in [0.15, 0.2) is 18.2 Å². The smallest absolute Gasteiger partial charge is 0.292 e. The van der Waals surface area contributed by atoms with Gasteiger partial charge in [-0.25, -0.2) is 0 Å². The number of thioether (sulfide) groups is 1. The predicted octanol–water partition coefficient (Wildman–Crippen LogP) is 0.763. The Morgan fingerprint density at radius 1 is 1.53 bits per heavy atom. The van der Waals surface area contributed by atoms with E-state index >= 15 is 0 Å². The molecular formula is C10H14N2O4S. The van der Waals surface area contributed by atoms with Crippen molar-refractivity contribution in [2.75, 3.05) is 18.1 Å². The van der Waals surface area contributed by atoms with Gasteiger partial charge >= 0.3 is 0 Å². The average Bonchev–Trinajstić information content (AvgIpc) is 2.28. The Balaban J connectivity index is 2.56. The summed E-state index contributed by atoms with van der Waals surface area (Å²) in [6.45, 7) is -0.268. The monoisotopic (exact) mass is 258 g/mol. The molecule has 1 aromatic carbocycles. The summed E-state index contributed by atoms with van der Waals surface area (Å²) >= 11 is 1.43. The first-order chi connectivity index (χ1) is 8.04. The molecule has 0 fully saturated rings. The number of hydrogen-bond donors (Lipinski definition) is 3. The maximum Gasteiger partial charge on any atom is 0.292 e. The third kappa shape index (κ3) is 4.22. The average molecular weight is 258 g/mol. The van der Waals surface area contributed by atoms with Crippen molar-refractivity contribution in [1.29, 1.82) is 0 Å². The summed E-state index contributed by atoms with van der Waals surface area (Å²) < 4.78 is 0. The van der Waals surface area contributed by atoms with E-state index in [9.17, 15) is 10.1 Å². The van der Waals surface area contributed by atoms with Crippen LogP contribution in [0.25, 0.3) is 0 Å². The van der Waals surface area contributed by atoms with E-state index in [2.05, 4.69) is 0 Å². The molecule has 0 saturated carbocycles. The molecule has 0 aliphatic heterocycles. The number of nitro benzene ring substituents is 1. The Hall–Kier alpha value is -1.31. The Bertz CT molecular complexity index is 400. The number of nitrogens with two attached hydrogens (primary N) is 1. The van der Waals surface area contributed by atoms with Crippen molar-refractivity contribution in [2.24, 2.45) is 0 Å². The lowest BCUT2D eigenvalue weighted by molar-refractivity contribution is -0.383. The highest BCUT2D eigenvalue weighted by Crippen LogP contribution is 2.24. The van der Waals surface area contributed by atoms with Gasteiger partial charge in [0.1, 0.15) is 5.69 Å². The summed E-state index contributed by atoms with van der Waals surface area (Å²) in [4.78, 5) is 10.0. The van der Waals surface area contributed by atoms with Gasteiger partial charge in [0.05, 0.1) is 17.6 Å². The number of hydrogen-bond acceptors (Lipinski definition) is 6. The van der Waals surface area contributed by atoms with Gasteiger partial charge in [-0.3, -0.25) is 10.1 Å². The Kier molecular flexibility index (Phi) is 5.20. The molecule has 0 aromatic heterocycles. The SMILES string of the molecule is Nc1cc(CSCC(O)CO)ccc1[N+](=O)[O-]. The fourth-order valence-corrected chi connectivity index (χ4v) is 2.14. The molecule has 1 unspecified atom stereocenters. The van der Waals surface area contributed by atoms with Crippen molar-refractivity contribution in [1.82, 2.24) is 0 Å². The van der Waals surface area contributed by atoms with Crippen molar-refractivity contribution in [2.45, 2.75) is 11.9 Å². The highest BCUT2D eigenvalue weighted by Gasteiger charge is 2.11. The number of nitrogen functional groups attached to an aromatic ring is 1. The molecule has 0 spiro atoms. The van der Waals surface area contributed by atoms with E-state index in [1.807, 2.05) is 0 Å². The zero-order valence-electron chi connectivity index (χ0n) is 9.07. The van der Waals surface area contributed by atoms with E-state index in [1.54, 1.807) is 12.1 Å². The summed E-state index contributed by atoms with van der Waals surface area (Å²) in [5, 5.41) is 28.3. The third-order valence-corrected chi connectivity index (χ3v) is 3.24. The summed E-state index contributed by atoms with van der Waals surface area (Å²) in [5.74, 6) is 0.993. The van der Waals surface area contributed by atoms with Crippen LogP contribution < -0.4 is 5.73 Å². The van der Waals surface area contributed by atoms with Crippen LogP contribution in [0.1, 0.15) is 5.56 Å². The van der Waals surface area contributed by atoms with Crippen molar-refractivity contribution in [3.63, 3.8) is 0 Å². The molecule has 17 heavy (non-hydrogen) atoms. The lowest BCUT2D eigenvalue weighted by Gasteiger charge is -2.07. The van der Waals surface area contributed by atoms with E-state index in [4.69, 9.17) is 15.9 Å². The molecular weight excluding hydrogens is 244 g/mol. The molecule has 4 N–H and O–H groups in total. The highest BCUT2D eigenvalue weighted by molar-refractivity contribution is 7.98. The van der Waals surface area contributed by atoms with Crippen molar-refractivity contribution in [3.05, 3.63) is 33.9 Å². The maximum atomic E-state index is 10.5. The van der Waals surface area contributed by atoms with E-state index in [0.29, 0.717) is 11.5 Å². The molecule has 0 amide bonds. The molecule has 1 atom stereocenters. The van der Waals surface area contributed by atoms with Gasteiger partial charge in [0.15, 0.2) is 0 Å². The van der Waals surface area contributed by atoms with Crippen LogP contribution in [-0.4, -0.2) is 33.6 Å². The molecule has 1 rings (SSSR count). The molecule has 94 valence electrons. The van der Waals surface area contributed by atoms with Crippen molar-refractivity contribution >= 4 is 23.1 Å². The molecule has 1 aromatic rings. The Morgan fingerprint density at radius 2 is 2.24 bits per heavy atom. The molecule has 0 aliphatic carbocycles. The van der Waals surface area contributed by atoms with Crippen LogP contribution in [-0.2, 0) is 5.75 Å². The minimum absolute atomic E-state index is 0.103. The number of aliphatic hydroxyl groups excluding tert-OH is 2. The van der Waals surface area contributed by atoms with Crippen LogP contribution in [0.4, 0.5) is 11.4 Å². The zero-order chi connectivity index (χ0) is 12.8. The van der Waals surface area contributed by atoms with E-state index in [0.717, 1.165) is 5.56 Å². The summed E-state index contributed by atoms with van der Waals surface area (Å²) in [6, 6.07) is 4.55. The van der Waals surface area contributed by atoms with E-state index in [-0.39, 0.29) is 18.0 Å². The first-order valence-electron chi connectivity index (χ1n) is 4.94. The Morgan fingerprint density at radius 3 is 2.76 bits per heavy atom. The quantitative estimate of drug-likeness (QED) is 0.395. The molecule has 0 bridgehead atoms. The minimum Gasteiger partial charge on any atom is -0.394 e. The first kappa shape index (κ1) is 13.8. The van der Waals surface area contributed by atoms with Crippen LogP contribution in [0.2, 0.25) is 0 Å². The fourth-order valence-electron chi connectivity index (χ4n) is 1.23. The standard InChI is InChI=1S/C10H14N2O4S/c11-9-3-7(1-2-10(9)12(15)16)5-17-6-8(14)4-13/h1-3,8,13-14H,4-6,11H2. The molecule has 0 radical (unpaired) electrons. The minimum atomic E-state index is -0.740. The zero-order valence-corrected chi connectivity index (χ0v) is 9.89. The van der Waals surface area contributed by atoms with Gasteiger partial charge < -0.3 is 15.9 Å². The molecule has 7 heteroatoms. The van der Waals surface area contributed by atoms with Gasteiger partial charge in [0.25, 0.3) is 5.69 Å². The Labute approximate surface area is 103 Å². The van der Waals surface area contributed by atoms with Gasteiger partial charge in [-0.2, -0.15) is 11.8 Å². The lowest BCUT2D eigenvalue weighted by atomic mass is 10.2. The molecule has 0 saturated heterocycles. The molecule has 0 aliphatic rings. The van der Waals surface area contributed by atoms with Gasteiger partial charge in [-0.05, 0) is 11.6 Å². The molecule has 0 heterocycles.